The number of benzene rings is 1. The van der Waals surface area contributed by atoms with Gasteiger partial charge in [0.05, 0.1) is 0 Å². The van der Waals surface area contributed by atoms with Crippen molar-refractivity contribution in [3.8, 4) is 0 Å². The van der Waals surface area contributed by atoms with Crippen molar-refractivity contribution in [3.05, 3.63) is 46.7 Å². The number of allylic oxidation sites excluding steroid dienone is 2. The van der Waals surface area contributed by atoms with Crippen LogP contribution >= 0.6 is 11.8 Å². The summed E-state index contributed by atoms with van der Waals surface area (Å²) in [5.41, 5.74) is 4.10. The van der Waals surface area contributed by atoms with Crippen molar-refractivity contribution in [1.82, 2.24) is 14.8 Å². The number of hydrogen-bond acceptors (Lipinski definition) is 5. The van der Waals surface area contributed by atoms with E-state index in [9.17, 15) is 4.79 Å². The Morgan fingerprint density at radius 2 is 2.08 bits per heavy atom. The van der Waals surface area contributed by atoms with E-state index in [-0.39, 0.29) is 17.2 Å². The van der Waals surface area contributed by atoms with Gasteiger partial charge < -0.3 is 5.32 Å². The Labute approximate surface area is 158 Å². The molecule has 0 bridgehead atoms. The number of rotatable bonds is 3. The van der Waals surface area contributed by atoms with Crippen LogP contribution in [0.5, 0.6) is 0 Å². The highest BCUT2D eigenvalue weighted by Gasteiger charge is 2.42. The van der Waals surface area contributed by atoms with Gasteiger partial charge in [0.1, 0.15) is 6.04 Å². The summed E-state index contributed by atoms with van der Waals surface area (Å²) in [5.74, 6) is 1.86. The molecular weight excluding hydrogens is 344 g/mol. The fraction of sp³-hybridized carbons (Fsp3) is 0.450. The second kappa shape index (κ2) is 6.27. The third-order valence-corrected chi connectivity index (χ3v) is 5.79. The Bertz CT molecular complexity index is 912. The minimum absolute atomic E-state index is 0.0393. The first kappa shape index (κ1) is 17.3. The molecule has 1 aromatic heterocycles. The molecule has 1 aromatic carbocycles. The minimum Gasteiger partial charge on any atom is -0.328 e. The molecule has 6 heteroatoms. The molecule has 1 atom stereocenters. The number of hydrogen-bond donors (Lipinski definition) is 1. The fourth-order valence-corrected chi connectivity index (χ4v) is 4.52. The van der Waals surface area contributed by atoms with Crippen molar-refractivity contribution in [3.63, 3.8) is 0 Å². The van der Waals surface area contributed by atoms with Gasteiger partial charge in [0.25, 0.3) is 0 Å². The van der Waals surface area contributed by atoms with Crippen molar-refractivity contribution in [2.24, 2.45) is 5.41 Å². The SMILES string of the molecule is CCSc1nc2n(n1)[C@H](c1ccccc1C)C1=C(CC(C)(C)CC1=O)N2. The predicted molar refractivity (Wildman–Crippen MR) is 104 cm³/mol. The highest BCUT2D eigenvalue weighted by atomic mass is 32.2. The number of fused-ring (bicyclic) bond motifs is 1. The van der Waals surface area contributed by atoms with Crippen LogP contribution in [0.3, 0.4) is 0 Å². The van der Waals surface area contributed by atoms with Crippen LogP contribution in [0.1, 0.15) is 50.8 Å². The zero-order chi connectivity index (χ0) is 18.5. The first-order valence-corrected chi connectivity index (χ1v) is 10.1. The number of Topliss-reactive ketones (excluding diaryl/α,β-unsaturated/α-hetero) is 1. The van der Waals surface area contributed by atoms with E-state index in [1.165, 1.54) is 0 Å². The molecule has 1 aliphatic heterocycles. The topological polar surface area (TPSA) is 59.8 Å². The Kier molecular flexibility index (Phi) is 4.18. The number of anilines is 1. The van der Waals surface area contributed by atoms with Gasteiger partial charge in [-0.1, -0.05) is 56.8 Å². The number of ketones is 1. The lowest BCUT2D eigenvalue weighted by Crippen LogP contribution is -2.36. The number of aromatic nitrogens is 3. The van der Waals surface area contributed by atoms with E-state index >= 15 is 0 Å². The average molecular weight is 369 g/mol. The average Bonchev–Trinajstić information content (AvgIpc) is 2.95. The maximum Gasteiger partial charge on any atom is 0.227 e. The maximum absolute atomic E-state index is 13.1. The zero-order valence-electron chi connectivity index (χ0n) is 15.7. The van der Waals surface area contributed by atoms with E-state index in [1.807, 2.05) is 16.8 Å². The van der Waals surface area contributed by atoms with Crippen molar-refractivity contribution < 1.29 is 4.79 Å². The van der Waals surface area contributed by atoms with Crippen molar-refractivity contribution in [1.29, 1.82) is 0 Å². The predicted octanol–water partition coefficient (Wildman–Crippen LogP) is 4.36. The zero-order valence-corrected chi connectivity index (χ0v) is 16.5. The highest BCUT2D eigenvalue weighted by Crippen LogP contribution is 2.46. The minimum atomic E-state index is -0.204. The van der Waals surface area contributed by atoms with E-state index in [4.69, 9.17) is 5.10 Å². The van der Waals surface area contributed by atoms with Gasteiger partial charge in [0.2, 0.25) is 11.1 Å². The maximum atomic E-state index is 13.1. The lowest BCUT2D eigenvalue weighted by molar-refractivity contribution is -0.118. The smallest absolute Gasteiger partial charge is 0.227 e. The van der Waals surface area contributed by atoms with Crippen molar-refractivity contribution >= 4 is 23.5 Å². The lowest BCUT2D eigenvalue weighted by atomic mass is 9.73. The molecule has 0 fully saturated rings. The summed E-state index contributed by atoms with van der Waals surface area (Å²) in [4.78, 5) is 17.8. The number of carbonyl (C=O) groups is 1. The van der Waals surface area contributed by atoms with Gasteiger partial charge in [-0.05, 0) is 35.6 Å². The molecule has 0 spiro atoms. The first-order chi connectivity index (χ1) is 12.4. The number of carbonyl (C=O) groups excluding carboxylic acids is 1. The summed E-state index contributed by atoms with van der Waals surface area (Å²) in [7, 11) is 0. The summed E-state index contributed by atoms with van der Waals surface area (Å²) >= 11 is 1.62. The second-order valence-electron chi connectivity index (χ2n) is 7.81. The number of nitrogens with one attached hydrogen (secondary N) is 1. The van der Waals surface area contributed by atoms with E-state index in [0.717, 1.165) is 45.7 Å². The number of nitrogens with zero attached hydrogens (tertiary/aromatic N) is 3. The van der Waals surface area contributed by atoms with Crippen LogP contribution in [0.15, 0.2) is 40.7 Å². The molecular formula is C20H24N4OS. The standard InChI is InChI=1S/C20H24N4OS/c1-5-26-19-22-18-21-14-10-20(3,4)11-15(25)16(14)17(24(18)23-19)13-9-7-6-8-12(13)2/h6-9,17H,5,10-11H2,1-4H3,(H,21,22,23)/t17-/m1/s1. The van der Waals surface area contributed by atoms with Crippen LogP contribution in [0.4, 0.5) is 5.95 Å². The van der Waals surface area contributed by atoms with Gasteiger partial charge in [-0.3, -0.25) is 4.79 Å². The van der Waals surface area contributed by atoms with Crippen LogP contribution in [-0.2, 0) is 4.79 Å². The van der Waals surface area contributed by atoms with Crippen LogP contribution in [-0.4, -0.2) is 26.3 Å². The monoisotopic (exact) mass is 368 g/mol. The summed E-state index contributed by atoms with van der Waals surface area (Å²) < 4.78 is 1.90. The van der Waals surface area contributed by atoms with Gasteiger partial charge in [-0.25, -0.2) is 4.68 Å². The third kappa shape index (κ3) is 2.86. The summed E-state index contributed by atoms with van der Waals surface area (Å²) in [6.07, 6.45) is 1.41. The van der Waals surface area contributed by atoms with E-state index < -0.39 is 0 Å². The molecule has 2 aliphatic rings. The molecule has 26 heavy (non-hydrogen) atoms. The number of thioether (sulfide) groups is 1. The largest absolute Gasteiger partial charge is 0.328 e. The Morgan fingerprint density at radius 3 is 2.81 bits per heavy atom. The van der Waals surface area contributed by atoms with Gasteiger partial charge >= 0.3 is 0 Å². The molecule has 2 aromatic rings. The lowest BCUT2D eigenvalue weighted by Gasteiger charge is -2.38. The summed E-state index contributed by atoms with van der Waals surface area (Å²) in [5, 5.41) is 8.89. The molecule has 0 saturated heterocycles. The Morgan fingerprint density at radius 1 is 1.31 bits per heavy atom. The molecule has 0 unspecified atom stereocenters. The van der Waals surface area contributed by atoms with Crippen molar-refractivity contribution in [2.45, 2.75) is 51.7 Å². The van der Waals surface area contributed by atoms with E-state index in [2.05, 4.69) is 50.1 Å². The van der Waals surface area contributed by atoms with Crippen LogP contribution in [0.25, 0.3) is 0 Å². The summed E-state index contributed by atoms with van der Waals surface area (Å²) in [6.45, 7) is 8.48. The molecule has 0 saturated carbocycles. The first-order valence-electron chi connectivity index (χ1n) is 9.08. The third-order valence-electron chi connectivity index (χ3n) is 5.07. The van der Waals surface area contributed by atoms with E-state index in [0.29, 0.717) is 6.42 Å². The Hall–Kier alpha value is -2.08. The molecule has 1 N–H and O–H groups in total. The van der Waals surface area contributed by atoms with Crippen LogP contribution in [0.2, 0.25) is 0 Å². The molecule has 2 heterocycles. The quantitative estimate of drug-likeness (QED) is 0.816. The van der Waals surface area contributed by atoms with Gasteiger partial charge in [-0.15, -0.1) is 5.10 Å². The summed E-state index contributed by atoms with van der Waals surface area (Å²) in [6, 6.07) is 8.04. The van der Waals surface area contributed by atoms with Gasteiger partial charge in [0, 0.05) is 17.7 Å². The van der Waals surface area contributed by atoms with Crippen molar-refractivity contribution in [2.75, 3.05) is 11.1 Å². The molecule has 0 amide bonds. The molecule has 1 aliphatic carbocycles. The molecule has 0 radical (unpaired) electrons. The molecule has 4 rings (SSSR count). The van der Waals surface area contributed by atoms with E-state index in [1.54, 1.807) is 11.8 Å². The van der Waals surface area contributed by atoms with Gasteiger partial charge in [0.15, 0.2) is 5.78 Å². The normalized spacial score (nSPS) is 21.2. The van der Waals surface area contributed by atoms with Crippen LogP contribution < -0.4 is 5.32 Å². The van der Waals surface area contributed by atoms with Crippen LogP contribution in [0, 0.1) is 12.3 Å². The fourth-order valence-electron chi connectivity index (χ4n) is 3.96. The molecule has 136 valence electrons. The highest BCUT2D eigenvalue weighted by molar-refractivity contribution is 7.99. The molecule has 5 nitrogen and oxygen atoms in total. The second-order valence-corrected chi connectivity index (χ2v) is 9.04. The van der Waals surface area contributed by atoms with Gasteiger partial charge in [-0.2, -0.15) is 4.98 Å². The Balaban J connectivity index is 1.91. The number of aryl methyl sites for hydroxylation is 1.